The van der Waals surface area contributed by atoms with Gasteiger partial charge >= 0.3 is 5.97 Å². The average Bonchev–Trinajstić information content (AvgIpc) is 2.90. The van der Waals surface area contributed by atoms with Crippen LogP contribution in [0.2, 0.25) is 0 Å². The number of thiazole rings is 1. The molecule has 110 valence electrons. The van der Waals surface area contributed by atoms with E-state index in [9.17, 15) is 9.59 Å². The number of amides is 1. The van der Waals surface area contributed by atoms with Crippen LogP contribution >= 0.6 is 11.3 Å². The number of piperidine rings is 1. The Hall–Kier alpha value is -1.51. The number of anilines is 1. The molecule has 1 aromatic rings. The Kier molecular flexibility index (Phi) is 5.45. The Balaban J connectivity index is 1.66. The van der Waals surface area contributed by atoms with Crippen LogP contribution in [0.15, 0.2) is 11.6 Å². The van der Waals surface area contributed by atoms with Crippen LogP contribution in [-0.4, -0.2) is 59.2 Å². The maximum absolute atomic E-state index is 11.8. The van der Waals surface area contributed by atoms with Crippen LogP contribution in [0.4, 0.5) is 5.13 Å². The van der Waals surface area contributed by atoms with Gasteiger partial charge in [0.25, 0.3) is 0 Å². The van der Waals surface area contributed by atoms with Gasteiger partial charge in [-0.2, -0.15) is 0 Å². The van der Waals surface area contributed by atoms with Crippen molar-refractivity contribution >= 4 is 28.3 Å². The molecule has 1 aliphatic rings. The fourth-order valence-electron chi connectivity index (χ4n) is 2.07. The molecule has 7 nitrogen and oxygen atoms in total. The standard InChI is InChI=1S/C12H17N3O4S/c16-10(14-12-13-3-6-20-12)7-15-4-1-9(2-5-15)19-8-11(17)18/h3,6,9H,1-2,4-5,7-8H2,(H,17,18)(H,13,14,16). The molecule has 8 heteroatoms. The number of likely N-dealkylation sites (tertiary alicyclic amines) is 1. The molecule has 2 rings (SSSR count). The van der Waals surface area contributed by atoms with E-state index in [1.807, 2.05) is 4.90 Å². The summed E-state index contributed by atoms with van der Waals surface area (Å²) in [5.74, 6) is -1.03. The summed E-state index contributed by atoms with van der Waals surface area (Å²) in [6.45, 7) is 1.53. The Bertz CT molecular complexity index is 444. The van der Waals surface area contributed by atoms with Gasteiger partial charge in [0.05, 0.1) is 12.6 Å². The number of hydrogen-bond acceptors (Lipinski definition) is 6. The summed E-state index contributed by atoms with van der Waals surface area (Å²) in [6.07, 6.45) is 3.12. The summed E-state index contributed by atoms with van der Waals surface area (Å²) in [6, 6.07) is 0. The molecule has 0 saturated carbocycles. The van der Waals surface area contributed by atoms with Crippen LogP contribution < -0.4 is 5.32 Å². The van der Waals surface area contributed by atoms with E-state index >= 15 is 0 Å². The van der Waals surface area contributed by atoms with Crippen molar-refractivity contribution in [3.63, 3.8) is 0 Å². The van der Waals surface area contributed by atoms with Gasteiger partial charge in [-0.15, -0.1) is 11.3 Å². The molecule has 0 aliphatic carbocycles. The van der Waals surface area contributed by atoms with Gasteiger partial charge in [0.15, 0.2) is 5.13 Å². The van der Waals surface area contributed by atoms with Gasteiger partial charge in [-0.25, -0.2) is 9.78 Å². The van der Waals surface area contributed by atoms with Gasteiger partial charge in [-0.05, 0) is 12.8 Å². The molecule has 0 spiro atoms. The molecule has 0 atom stereocenters. The molecule has 1 aromatic heterocycles. The lowest BCUT2D eigenvalue weighted by molar-refractivity contribution is -0.145. The van der Waals surface area contributed by atoms with E-state index in [-0.39, 0.29) is 18.6 Å². The van der Waals surface area contributed by atoms with Gasteiger partial charge in [0, 0.05) is 24.7 Å². The fourth-order valence-corrected chi connectivity index (χ4v) is 2.62. The highest BCUT2D eigenvalue weighted by Crippen LogP contribution is 2.14. The minimum Gasteiger partial charge on any atom is -0.480 e. The molecule has 1 fully saturated rings. The third-order valence-corrected chi connectivity index (χ3v) is 3.71. The number of hydrogen-bond donors (Lipinski definition) is 2. The van der Waals surface area contributed by atoms with E-state index in [4.69, 9.17) is 9.84 Å². The molecular formula is C12H17N3O4S. The monoisotopic (exact) mass is 299 g/mol. The summed E-state index contributed by atoms with van der Waals surface area (Å²) >= 11 is 1.39. The van der Waals surface area contributed by atoms with Gasteiger partial charge in [-0.3, -0.25) is 9.69 Å². The summed E-state index contributed by atoms with van der Waals surface area (Å²) in [7, 11) is 0. The largest absolute Gasteiger partial charge is 0.480 e. The van der Waals surface area contributed by atoms with Gasteiger partial charge in [0.2, 0.25) is 5.91 Å². The van der Waals surface area contributed by atoms with E-state index in [2.05, 4.69) is 10.3 Å². The third kappa shape index (κ3) is 4.87. The first-order chi connectivity index (χ1) is 9.63. The third-order valence-electron chi connectivity index (χ3n) is 3.02. The summed E-state index contributed by atoms with van der Waals surface area (Å²) in [5.41, 5.74) is 0. The van der Waals surface area contributed by atoms with E-state index in [0.717, 1.165) is 25.9 Å². The number of nitrogens with one attached hydrogen (secondary N) is 1. The Morgan fingerprint density at radius 3 is 2.85 bits per heavy atom. The molecule has 0 unspecified atom stereocenters. The van der Waals surface area contributed by atoms with Crippen molar-refractivity contribution in [2.45, 2.75) is 18.9 Å². The molecule has 0 aromatic carbocycles. The molecule has 1 amide bonds. The molecule has 2 heterocycles. The number of carbonyl (C=O) groups excluding carboxylic acids is 1. The normalized spacial score (nSPS) is 17.0. The summed E-state index contributed by atoms with van der Waals surface area (Å²) in [5, 5.41) is 13.7. The molecule has 1 saturated heterocycles. The number of ether oxygens (including phenoxy) is 1. The van der Waals surface area contributed by atoms with Crippen LogP contribution in [0.3, 0.4) is 0 Å². The average molecular weight is 299 g/mol. The van der Waals surface area contributed by atoms with E-state index in [1.54, 1.807) is 11.6 Å². The van der Waals surface area contributed by atoms with E-state index in [1.165, 1.54) is 11.3 Å². The predicted molar refractivity (Wildman–Crippen MR) is 73.8 cm³/mol. The van der Waals surface area contributed by atoms with Crippen molar-refractivity contribution < 1.29 is 19.4 Å². The van der Waals surface area contributed by atoms with E-state index < -0.39 is 5.97 Å². The van der Waals surface area contributed by atoms with Crippen molar-refractivity contribution in [3.05, 3.63) is 11.6 Å². The Labute approximate surface area is 120 Å². The number of aromatic nitrogens is 1. The topological polar surface area (TPSA) is 91.8 Å². The molecule has 20 heavy (non-hydrogen) atoms. The maximum Gasteiger partial charge on any atom is 0.329 e. The van der Waals surface area contributed by atoms with Crippen molar-refractivity contribution in [1.82, 2.24) is 9.88 Å². The zero-order chi connectivity index (χ0) is 14.4. The van der Waals surface area contributed by atoms with Crippen molar-refractivity contribution in [3.8, 4) is 0 Å². The lowest BCUT2D eigenvalue weighted by atomic mass is 10.1. The second-order valence-corrected chi connectivity index (χ2v) is 5.46. The smallest absolute Gasteiger partial charge is 0.329 e. The number of nitrogens with zero attached hydrogens (tertiary/aromatic N) is 2. The van der Waals surface area contributed by atoms with Crippen LogP contribution in [0.5, 0.6) is 0 Å². The SMILES string of the molecule is O=C(O)COC1CCN(CC(=O)Nc2nccs2)CC1. The second-order valence-electron chi connectivity index (χ2n) is 4.57. The highest BCUT2D eigenvalue weighted by atomic mass is 32.1. The van der Waals surface area contributed by atoms with Gasteiger partial charge in [0.1, 0.15) is 6.61 Å². The fraction of sp³-hybridized carbons (Fsp3) is 0.583. The number of rotatable bonds is 6. The Morgan fingerprint density at radius 2 is 2.25 bits per heavy atom. The Morgan fingerprint density at radius 1 is 1.50 bits per heavy atom. The van der Waals surface area contributed by atoms with Crippen LogP contribution in [0.25, 0.3) is 0 Å². The maximum atomic E-state index is 11.8. The van der Waals surface area contributed by atoms with Crippen LogP contribution in [-0.2, 0) is 14.3 Å². The van der Waals surface area contributed by atoms with Crippen molar-refractivity contribution in [2.24, 2.45) is 0 Å². The molecular weight excluding hydrogens is 282 g/mol. The first kappa shape index (κ1) is 14.9. The lowest BCUT2D eigenvalue weighted by Gasteiger charge is -2.30. The van der Waals surface area contributed by atoms with Crippen molar-refractivity contribution in [2.75, 3.05) is 31.6 Å². The minimum absolute atomic E-state index is 0.0237. The predicted octanol–water partition coefficient (Wildman–Crippen LogP) is 0.647. The van der Waals surface area contributed by atoms with Crippen molar-refractivity contribution in [1.29, 1.82) is 0 Å². The summed E-state index contributed by atoms with van der Waals surface area (Å²) < 4.78 is 5.25. The molecule has 0 bridgehead atoms. The highest BCUT2D eigenvalue weighted by Gasteiger charge is 2.22. The number of carbonyl (C=O) groups is 2. The molecule has 1 aliphatic heterocycles. The van der Waals surface area contributed by atoms with Crippen LogP contribution in [0, 0.1) is 0 Å². The number of aliphatic carboxylic acids is 1. The molecule has 0 radical (unpaired) electrons. The zero-order valence-electron chi connectivity index (χ0n) is 10.9. The second kappa shape index (κ2) is 7.32. The quantitative estimate of drug-likeness (QED) is 0.801. The minimum atomic E-state index is -0.949. The molecule has 2 N–H and O–H groups in total. The van der Waals surface area contributed by atoms with Gasteiger partial charge in [-0.1, -0.05) is 0 Å². The number of carboxylic acid groups (broad SMARTS) is 1. The van der Waals surface area contributed by atoms with Gasteiger partial charge < -0.3 is 15.2 Å². The van der Waals surface area contributed by atoms with Crippen LogP contribution in [0.1, 0.15) is 12.8 Å². The summed E-state index contributed by atoms with van der Waals surface area (Å²) in [4.78, 5) is 28.2. The first-order valence-electron chi connectivity index (χ1n) is 6.38. The first-order valence-corrected chi connectivity index (χ1v) is 7.26. The highest BCUT2D eigenvalue weighted by molar-refractivity contribution is 7.13. The number of carboxylic acids is 1. The zero-order valence-corrected chi connectivity index (χ0v) is 11.8. The lowest BCUT2D eigenvalue weighted by Crippen LogP contribution is -2.41. The van der Waals surface area contributed by atoms with E-state index in [0.29, 0.717) is 11.7 Å².